The Morgan fingerprint density at radius 3 is 2.86 bits per heavy atom. The van der Waals surface area contributed by atoms with E-state index in [1.54, 1.807) is 0 Å². The number of nitrogens with one attached hydrogen (secondary N) is 1. The Morgan fingerprint density at radius 2 is 2.19 bits per heavy atom. The lowest BCUT2D eigenvalue weighted by Crippen LogP contribution is -2.42. The van der Waals surface area contributed by atoms with E-state index >= 15 is 0 Å². The van der Waals surface area contributed by atoms with Crippen LogP contribution < -0.4 is 5.32 Å². The molecule has 0 aliphatic heterocycles. The lowest BCUT2D eigenvalue weighted by molar-refractivity contribution is -0.148. The number of aromatic nitrogens is 1. The van der Waals surface area contributed by atoms with Crippen molar-refractivity contribution in [1.82, 2.24) is 10.3 Å². The Balaban J connectivity index is 1.69. The summed E-state index contributed by atoms with van der Waals surface area (Å²) >= 11 is 1.50. The Morgan fingerprint density at radius 1 is 1.43 bits per heavy atom. The van der Waals surface area contributed by atoms with Crippen LogP contribution in [0.3, 0.4) is 0 Å². The monoisotopic (exact) mass is 310 g/mol. The van der Waals surface area contributed by atoms with Gasteiger partial charge in [0.05, 0.1) is 17.1 Å². The number of carbonyl (C=O) groups excluding carboxylic acids is 2. The van der Waals surface area contributed by atoms with Crippen LogP contribution >= 0.6 is 11.3 Å². The second kappa shape index (κ2) is 7.54. The summed E-state index contributed by atoms with van der Waals surface area (Å²) in [7, 11) is 0. The average Bonchev–Trinajstić information content (AvgIpc) is 2.84. The Bertz CT molecular complexity index is 501. The number of carbonyl (C=O) groups is 2. The molecule has 0 spiro atoms. The standard InChI is InChI=1S/C15H22N2O3S/c1-10-5-3-4-6-13(10)17-14(18)8-20-15(19)7-12-9-21-11(2)16-12/h9-10,13H,3-8H2,1-2H3,(H,17,18)/t10-,13-/m0/s1. The summed E-state index contributed by atoms with van der Waals surface area (Å²) in [6.45, 7) is 3.84. The third-order valence-electron chi connectivity index (χ3n) is 3.81. The molecule has 5 nitrogen and oxygen atoms in total. The second-order valence-electron chi connectivity index (χ2n) is 5.63. The van der Waals surface area contributed by atoms with Crippen molar-refractivity contribution in [3.63, 3.8) is 0 Å². The van der Waals surface area contributed by atoms with Crippen molar-refractivity contribution in [2.24, 2.45) is 5.92 Å². The first-order chi connectivity index (χ1) is 10.0. The van der Waals surface area contributed by atoms with E-state index in [4.69, 9.17) is 4.74 Å². The summed E-state index contributed by atoms with van der Waals surface area (Å²) in [6.07, 6.45) is 4.66. The van der Waals surface area contributed by atoms with Crippen LogP contribution in [0.5, 0.6) is 0 Å². The normalized spacial score (nSPS) is 21.8. The summed E-state index contributed by atoms with van der Waals surface area (Å²) in [6, 6.07) is 0.214. The number of hydrogen-bond donors (Lipinski definition) is 1. The first kappa shape index (κ1) is 15.9. The molecule has 0 aromatic carbocycles. The van der Waals surface area contributed by atoms with Crippen LogP contribution in [-0.4, -0.2) is 29.5 Å². The van der Waals surface area contributed by atoms with Gasteiger partial charge >= 0.3 is 5.97 Å². The van der Waals surface area contributed by atoms with Gasteiger partial charge in [0.1, 0.15) is 0 Å². The van der Waals surface area contributed by atoms with Crippen LogP contribution in [-0.2, 0) is 20.7 Å². The van der Waals surface area contributed by atoms with Gasteiger partial charge in [0, 0.05) is 11.4 Å². The quantitative estimate of drug-likeness (QED) is 0.847. The van der Waals surface area contributed by atoms with E-state index in [-0.39, 0.29) is 25.0 Å². The Kier molecular flexibility index (Phi) is 5.73. The predicted molar refractivity (Wildman–Crippen MR) is 81.1 cm³/mol. The Labute approximate surface area is 129 Å². The molecule has 1 N–H and O–H groups in total. The molecule has 0 radical (unpaired) electrons. The van der Waals surface area contributed by atoms with Gasteiger partial charge in [-0.25, -0.2) is 4.98 Å². The molecule has 1 amide bonds. The summed E-state index contributed by atoms with van der Waals surface area (Å²) in [5, 5.41) is 5.71. The van der Waals surface area contributed by atoms with Crippen molar-refractivity contribution in [2.45, 2.75) is 52.0 Å². The zero-order valence-electron chi connectivity index (χ0n) is 12.6. The highest BCUT2D eigenvalue weighted by Crippen LogP contribution is 2.23. The fourth-order valence-corrected chi connectivity index (χ4v) is 3.23. The molecule has 1 fully saturated rings. The van der Waals surface area contributed by atoms with E-state index in [1.165, 1.54) is 17.8 Å². The van der Waals surface area contributed by atoms with E-state index in [0.717, 1.165) is 24.3 Å². The minimum atomic E-state index is -0.410. The maximum atomic E-state index is 11.8. The minimum absolute atomic E-state index is 0.122. The molecule has 6 heteroatoms. The molecule has 0 bridgehead atoms. The molecular weight excluding hydrogens is 288 g/mol. The highest BCUT2D eigenvalue weighted by atomic mass is 32.1. The molecule has 1 aliphatic rings. The van der Waals surface area contributed by atoms with Crippen molar-refractivity contribution in [1.29, 1.82) is 0 Å². The number of rotatable bonds is 5. The lowest BCUT2D eigenvalue weighted by atomic mass is 9.86. The van der Waals surface area contributed by atoms with Crippen molar-refractivity contribution in [2.75, 3.05) is 6.61 Å². The number of hydrogen-bond acceptors (Lipinski definition) is 5. The Hall–Kier alpha value is -1.43. The van der Waals surface area contributed by atoms with Crippen molar-refractivity contribution in [3.05, 3.63) is 16.1 Å². The molecule has 1 aliphatic carbocycles. The van der Waals surface area contributed by atoms with Gasteiger partial charge in [-0.3, -0.25) is 9.59 Å². The first-order valence-electron chi connectivity index (χ1n) is 7.40. The SMILES string of the molecule is Cc1nc(CC(=O)OCC(=O)N[C@H]2CCCC[C@@H]2C)cs1. The molecule has 21 heavy (non-hydrogen) atoms. The number of nitrogens with zero attached hydrogens (tertiary/aromatic N) is 1. The molecule has 1 saturated carbocycles. The third kappa shape index (κ3) is 5.12. The molecule has 116 valence electrons. The average molecular weight is 310 g/mol. The largest absolute Gasteiger partial charge is 0.455 e. The van der Waals surface area contributed by atoms with Gasteiger partial charge in [0.15, 0.2) is 6.61 Å². The van der Waals surface area contributed by atoms with Gasteiger partial charge in [0.25, 0.3) is 5.91 Å². The summed E-state index contributed by atoms with van der Waals surface area (Å²) < 4.78 is 5.01. The highest BCUT2D eigenvalue weighted by Gasteiger charge is 2.23. The van der Waals surface area contributed by atoms with Gasteiger partial charge in [-0.05, 0) is 25.7 Å². The lowest BCUT2D eigenvalue weighted by Gasteiger charge is -2.29. The molecule has 1 aromatic heterocycles. The minimum Gasteiger partial charge on any atom is -0.455 e. The third-order valence-corrected chi connectivity index (χ3v) is 4.64. The summed E-state index contributed by atoms with van der Waals surface area (Å²) in [4.78, 5) is 27.7. The maximum absolute atomic E-state index is 11.8. The number of amides is 1. The van der Waals surface area contributed by atoms with E-state index in [0.29, 0.717) is 11.6 Å². The molecule has 1 heterocycles. The number of ether oxygens (including phenoxy) is 1. The van der Waals surface area contributed by atoms with Crippen LogP contribution in [0.4, 0.5) is 0 Å². The fraction of sp³-hybridized carbons (Fsp3) is 0.667. The molecule has 2 atom stereocenters. The molecule has 0 unspecified atom stereocenters. The zero-order chi connectivity index (χ0) is 15.2. The van der Waals surface area contributed by atoms with Crippen molar-refractivity contribution in [3.8, 4) is 0 Å². The van der Waals surface area contributed by atoms with Gasteiger partial charge in [-0.15, -0.1) is 11.3 Å². The van der Waals surface area contributed by atoms with Crippen LogP contribution in [0.1, 0.15) is 43.3 Å². The zero-order valence-corrected chi connectivity index (χ0v) is 13.4. The number of esters is 1. The van der Waals surface area contributed by atoms with Gasteiger partial charge in [-0.1, -0.05) is 19.8 Å². The van der Waals surface area contributed by atoms with E-state index in [9.17, 15) is 9.59 Å². The van der Waals surface area contributed by atoms with E-state index < -0.39 is 5.97 Å². The topological polar surface area (TPSA) is 68.3 Å². The molecule has 1 aromatic rings. The van der Waals surface area contributed by atoms with Crippen molar-refractivity contribution >= 4 is 23.2 Å². The molecule has 2 rings (SSSR count). The number of aryl methyl sites for hydroxylation is 1. The molecule has 0 saturated heterocycles. The van der Waals surface area contributed by atoms with Crippen LogP contribution in [0.2, 0.25) is 0 Å². The van der Waals surface area contributed by atoms with Crippen LogP contribution in [0, 0.1) is 12.8 Å². The molecular formula is C15H22N2O3S. The van der Waals surface area contributed by atoms with Crippen molar-refractivity contribution < 1.29 is 14.3 Å². The smallest absolute Gasteiger partial charge is 0.312 e. The van der Waals surface area contributed by atoms with Gasteiger partial charge < -0.3 is 10.1 Å². The summed E-state index contributed by atoms with van der Waals surface area (Å²) in [5.41, 5.74) is 0.698. The van der Waals surface area contributed by atoms with E-state index in [1.807, 2.05) is 12.3 Å². The fourth-order valence-electron chi connectivity index (χ4n) is 2.61. The van der Waals surface area contributed by atoms with Gasteiger partial charge in [-0.2, -0.15) is 0 Å². The highest BCUT2D eigenvalue weighted by molar-refractivity contribution is 7.09. The van der Waals surface area contributed by atoms with Crippen LogP contribution in [0.15, 0.2) is 5.38 Å². The second-order valence-corrected chi connectivity index (χ2v) is 6.69. The first-order valence-corrected chi connectivity index (χ1v) is 8.28. The predicted octanol–water partition coefficient (Wildman–Crippen LogP) is 2.23. The van der Waals surface area contributed by atoms with Crippen LogP contribution in [0.25, 0.3) is 0 Å². The van der Waals surface area contributed by atoms with Gasteiger partial charge in [0.2, 0.25) is 0 Å². The summed E-state index contributed by atoms with van der Waals surface area (Å²) in [5.74, 6) is -0.125. The maximum Gasteiger partial charge on any atom is 0.312 e. The van der Waals surface area contributed by atoms with E-state index in [2.05, 4.69) is 17.2 Å². The number of thiazole rings is 1.